The van der Waals surface area contributed by atoms with Gasteiger partial charge in [-0.1, -0.05) is 12.2 Å². The van der Waals surface area contributed by atoms with Crippen LogP contribution in [0.2, 0.25) is 0 Å². The molecule has 6 fully saturated rings. The van der Waals surface area contributed by atoms with E-state index in [0.717, 1.165) is 0 Å². The molecule has 0 saturated carbocycles. The lowest BCUT2D eigenvalue weighted by Gasteiger charge is -2.27. The number of hydrogen-bond donors (Lipinski definition) is 0. The molecule has 228 valence electrons. The van der Waals surface area contributed by atoms with Crippen molar-refractivity contribution in [2.75, 3.05) is 26.4 Å². The second-order valence-electron chi connectivity index (χ2n) is 12.9. The second-order valence-corrected chi connectivity index (χ2v) is 12.9. The Labute approximate surface area is 235 Å². The third-order valence-corrected chi connectivity index (χ3v) is 7.77. The van der Waals surface area contributed by atoms with Gasteiger partial charge >= 0.3 is 0 Å². The Morgan fingerprint density at radius 2 is 0.875 bits per heavy atom. The lowest BCUT2D eigenvalue weighted by molar-refractivity contribution is -0.246. The third kappa shape index (κ3) is 6.01. The van der Waals surface area contributed by atoms with Gasteiger partial charge in [0.25, 0.3) is 0 Å². The summed E-state index contributed by atoms with van der Waals surface area (Å²) in [7, 11) is 0. The molecule has 0 bridgehead atoms. The van der Waals surface area contributed by atoms with Gasteiger partial charge in [0.05, 0.1) is 26.4 Å². The smallest absolute Gasteiger partial charge is 0.187 e. The van der Waals surface area contributed by atoms with E-state index in [-0.39, 0.29) is 48.8 Å². The highest BCUT2D eigenvalue weighted by molar-refractivity contribution is 5.01. The molecular formula is C28H44O12. The lowest BCUT2D eigenvalue weighted by atomic mass is 10.1. The van der Waals surface area contributed by atoms with Crippen molar-refractivity contribution in [2.45, 2.75) is 140 Å². The molecule has 6 aliphatic rings. The van der Waals surface area contributed by atoms with Gasteiger partial charge in [-0.15, -0.1) is 0 Å². The summed E-state index contributed by atoms with van der Waals surface area (Å²) in [6, 6.07) is 0. The van der Waals surface area contributed by atoms with Crippen LogP contribution >= 0.6 is 0 Å². The van der Waals surface area contributed by atoms with Crippen molar-refractivity contribution in [3.63, 3.8) is 0 Å². The van der Waals surface area contributed by atoms with Crippen LogP contribution in [0.4, 0.5) is 0 Å². The minimum atomic E-state index is -0.735. The molecule has 12 heteroatoms. The first kappa shape index (κ1) is 29.3. The van der Waals surface area contributed by atoms with Crippen LogP contribution in [-0.4, -0.2) is 111 Å². The molecule has 0 aromatic heterocycles. The molecule has 6 aliphatic heterocycles. The maximum absolute atomic E-state index is 6.21. The standard InChI is InChI=1S/C28H44O12/c1-25(2)31-13-15(35-25)17-19-21(39-27(5,6)37-19)23(33-17)29-11-9-10-12-30-24-22-20(38-28(7,8)40-22)18(34-24)16-14-32-26(3,4)36-16/h9-10,15-24H,11-14H2,1-8H3/b10-9-/t15-,16-,17-,18-,19+,20+,21+,22+,23+,24+/m1/s1. The van der Waals surface area contributed by atoms with E-state index in [4.69, 9.17) is 56.8 Å². The Hall–Kier alpha value is -0.740. The summed E-state index contributed by atoms with van der Waals surface area (Å²) in [6.45, 7) is 16.5. The zero-order chi connectivity index (χ0) is 28.5. The minimum absolute atomic E-state index is 0.268. The van der Waals surface area contributed by atoms with Crippen molar-refractivity contribution >= 4 is 0 Å². The highest BCUT2D eigenvalue weighted by Crippen LogP contribution is 2.44. The zero-order valence-corrected chi connectivity index (χ0v) is 24.7. The summed E-state index contributed by atoms with van der Waals surface area (Å²) in [5.41, 5.74) is 0. The summed E-state index contributed by atoms with van der Waals surface area (Å²) in [4.78, 5) is 0. The molecule has 6 rings (SSSR count). The predicted molar refractivity (Wildman–Crippen MR) is 136 cm³/mol. The molecule has 6 heterocycles. The van der Waals surface area contributed by atoms with E-state index < -0.39 is 35.7 Å². The molecule has 6 saturated heterocycles. The highest BCUT2D eigenvalue weighted by atomic mass is 16.8. The molecule has 0 radical (unpaired) electrons. The summed E-state index contributed by atoms with van der Waals surface area (Å²) in [5, 5.41) is 0. The van der Waals surface area contributed by atoms with Gasteiger partial charge < -0.3 is 56.8 Å². The molecule has 10 atom stereocenters. The van der Waals surface area contributed by atoms with Gasteiger partial charge in [-0.3, -0.25) is 0 Å². The number of rotatable bonds is 8. The molecular weight excluding hydrogens is 528 g/mol. The van der Waals surface area contributed by atoms with Gasteiger partial charge in [0.15, 0.2) is 35.7 Å². The van der Waals surface area contributed by atoms with Gasteiger partial charge in [-0.05, 0) is 55.4 Å². The van der Waals surface area contributed by atoms with Crippen molar-refractivity contribution in [3.05, 3.63) is 12.2 Å². The Bertz CT molecular complexity index is 876. The van der Waals surface area contributed by atoms with Gasteiger partial charge in [0.1, 0.15) is 48.8 Å². The normalized spacial score (nSPS) is 46.4. The monoisotopic (exact) mass is 572 g/mol. The predicted octanol–water partition coefficient (Wildman–Crippen LogP) is 2.37. The van der Waals surface area contributed by atoms with E-state index in [9.17, 15) is 0 Å². The Morgan fingerprint density at radius 3 is 1.23 bits per heavy atom. The second kappa shape index (κ2) is 10.5. The molecule has 0 unspecified atom stereocenters. The maximum Gasteiger partial charge on any atom is 0.187 e. The molecule has 0 aliphatic carbocycles. The van der Waals surface area contributed by atoms with Crippen LogP contribution in [0, 0.1) is 0 Å². The first-order valence-electron chi connectivity index (χ1n) is 14.2. The van der Waals surface area contributed by atoms with Crippen LogP contribution < -0.4 is 0 Å². The Morgan fingerprint density at radius 1 is 0.500 bits per heavy atom. The van der Waals surface area contributed by atoms with Crippen LogP contribution in [0.3, 0.4) is 0 Å². The SMILES string of the molecule is CC1(C)O[C@@H]2[C@H](O1)[C@@H](OC/C=C\CO[C@H]1O[C@H]([C@H]3COC(C)(C)O3)[C@@H]3OC(C)(C)O[C@H]13)O[C@@H]2[C@H]1COC(C)(C)O1. The fourth-order valence-electron chi connectivity index (χ4n) is 6.24. The highest BCUT2D eigenvalue weighted by Gasteiger charge is 2.60. The molecule has 40 heavy (non-hydrogen) atoms. The van der Waals surface area contributed by atoms with E-state index in [1.54, 1.807) is 0 Å². The summed E-state index contributed by atoms with van der Waals surface area (Å²) >= 11 is 0. The summed E-state index contributed by atoms with van der Waals surface area (Å²) in [6.07, 6.45) is -0.0561. The van der Waals surface area contributed by atoms with Crippen LogP contribution in [0.25, 0.3) is 0 Å². The van der Waals surface area contributed by atoms with E-state index in [1.165, 1.54) is 0 Å². The van der Waals surface area contributed by atoms with Crippen LogP contribution in [0.15, 0.2) is 12.2 Å². The molecule has 0 aromatic rings. The minimum Gasteiger partial charge on any atom is -0.348 e. The van der Waals surface area contributed by atoms with E-state index >= 15 is 0 Å². The first-order chi connectivity index (χ1) is 18.7. The Balaban J connectivity index is 1.00. The van der Waals surface area contributed by atoms with Gasteiger partial charge in [-0.25, -0.2) is 0 Å². The topological polar surface area (TPSA) is 111 Å². The molecule has 0 amide bonds. The summed E-state index contributed by atoms with van der Waals surface area (Å²) < 4.78 is 72.6. The average Bonchev–Trinajstić information content (AvgIpc) is 3.64. The quantitative estimate of drug-likeness (QED) is 0.398. The Kier molecular flexibility index (Phi) is 7.67. The number of hydrogen-bond acceptors (Lipinski definition) is 12. The maximum atomic E-state index is 6.21. The lowest BCUT2D eigenvalue weighted by Crippen LogP contribution is -2.40. The van der Waals surface area contributed by atoms with Crippen molar-refractivity contribution in [3.8, 4) is 0 Å². The fourth-order valence-corrected chi connectivity index (χ4v) is 6.24. The largest absolute Gasteiger partial charge is 0.348 e. The van der Waals surface area contributed by atoms with Crippen LogP contribution in [0.5, 0.6) is 0 Å². The van der Waals surface area contributed by atoms with E-state index in [0.29, 0.717) is 26.4 Å². The van der Waals surface area contributed by atoms with Crippen LogP contribution in [-0.2, 0) is 56.8 Å². The van der Waals surface area contributed by atoms with Crippen LogP contribution in [0.1, 0.15) is 55.4 Å². The number of ether oxygens (including phenoxy) is 12. The fraction of sp³-hybridized carbons (Fsp3) is 0.929. The van der Waals surface area contributed by atoms with Gasteiger partial charge in [0, 0.05) is 0 Å². The molecule has 0 spiro atoms. The first-order valence-corrected chi connectivity index (χ1v) is 14.2. The molecule has 0 N–H and O–H groups in total. The average molecular weight is 573 g/mol. The molecule has 0 aromatic carbocycles. The van der Waals surface area contributed by atoms with E-state index in [2.05, 4.69) is 0 Å². The van der Waals surface area contributed by atoms with E-state index in [1.807, 2.05) is 67.5 Å². The summed E-state index contributed by atoms with van der Waals surface area (Å²) in [5.74, 6) is -2.80. The third-order valence-electron chi connectivity index (χ3n) is 7.77. The van der Waals surface area contributed by atoms with Crippen molar-refractivity contribution in [2.24, 2.45) is 0 Å². The van der Waals surface area contributed by atoms with Gasteiger partial charge in [-0.2, -0.15) is 0 Å². The van der Waals surface area contributed by atoms with Crippen molar-refractivity contribution in [1.82, 2.24) is 0 Å². The van der Waals surface area contributed by atoms with Gasteiger partial charge in [0.2, 0.25) is 0 Å². The molecule has 12 nitrogen and oxygen atoms in total. The van der Waals surface area contributed by atoms with Crippen molar-refractivity contribution in [1.29, 1.82) is 0 Å². The number of fused-ring (bicyclic) bond motifs is 2. The van der Waals surface area contributed by atoms with Crippen molar-refractivity contribution < 1.29 is 56.8 Å². The zero-order valence-electron chi connectivity index (χ0n) is 24.7.